The zero-order valence-electron chi connectivity index (χ0n) is 16.6. The molecule has 0 saturated carbocycles. The molecule has 29 heavy (non-hydrogen) atoms. The standard InChI is InChI=1S/C22H22FN3O3/c1-25(2)20-9-7-16(8-10-20)11-18(13-24)22(28)29-15-21(27)26(3)14-17-5-4-6-19(23)12-17/h4-12H,14-15H2,1-3H3/b18-11+. The molecule has 0 N–H and O–H groups in total. The van der Waals surface area contributed by atoms with Crippen LogP contribution < -0.4 is 4.90 Å². The van der Waals surface area contributed by atoms with Crippen LogP contribution in [0.3, 0.4) is 0 Å². The Labute approximate surface area is 169 Å². The van der Waals surface area contributed by atoms with Gasteiger partial charge in [-0.3, -0.25) is 4.79 Å². The van der Waals surface area contributed by atoms with Crippen LogP contribution in [0.4, 0.5) is 10.1 Å². The van der Waals surface area contributed by atoms with Crippen molar-refractivity contribution in [2.24, 2.45) is 0 Å². The van der Waals surface area contributed by atoms with Gasteiger partial charge in [0.25, 0.3) is 5.91 Å². The van der Waals surface area contributed by atoms with E-state index in [2.05, 4.69) is 0 Å². The number of carbonyl (C=O) groups is 2. The predicted octanol–water partition coefficient (Wildman–Crippen LogP) is 3.00. The minimum absolute atomic E-state index is 0.174. The number of amides is 1. The van der Waals surface area contributed by atoms with Crippen molar-refractivity contribution in [2.75, 3.05) is 32.6 Å². The number of rotatable bonds is 7. The molecule has 0 aromatic heterocycles. The van der Waals surface area contributed by atoms with E-state index in [4.69, 9.17) is 4.74 Å². The van der Waals surface area contributed by atoms with Gasteiger partial charge in [-0.15, -0.1) is 0 Å². The van der Waals surface area contributed by atoms with E-state index < -0.39 is 24.3 Å². The van der Waals surface area contributed by atoms with Crippen LogP contribution in [0.15, 0.2) is 54.1 Å². The second kappa shape index (κ2) is 10.0. The van der Waals surface area contributed by atoms with Gasteiger partial charge in [0.2, 0.25) is 0 Å². The molecule has 0 aliphatic heterocycles. The third-order valence-corrected chi connectivity index (χ3v) is 4.12. The molecule has 150 valence electrons. The summed E-state index contributed by atoms with van der Waals surface area (Å²) < 4.78 is 18.2. The van der Waals surface area contributed by atoms with E-state index >= 15 is 0 Å². The third kappa shape index (κ3) is 6.47. The van der Waals surface area contributed by atoms with Gasteiger partial charge in [0.1, 0.15) is 17.5 Å². The first-order valence-corrected chi connectivity index (χ1v) is 8.85. The highest BCUT2D eigenvalue weighted by molar-refractivity contribution is 5.98. The fraction of sp³-hybridized carbons (Fsp3) is 0.227. The van der Waals surface area contributed by atoms with Gasteiger partial charge in [-0.25, -0.2) is 9.18 Å². The number of hydrogen-bond donors (Lipinski definition) is 0. The average molecular weight is 395 g/mol. The molecule has 0 atom stereocenters. The van der Waals surface area contributed by atoms with E-state index in [9.17, 15) is 19.2 Å². The maximum Gasteiger partial charge on any atom is 0.349 e. The molecule has 2 aromatic carbocycles. The summed E-state index contributed by atoms with van der Waals surface area (Å²) in [7, 11) is 5.34. The Kier molecular flexibility index (Phi) is 7.49. The highest BCUT2D eigenvalue weighted by Gasteiger charge is 2.16. The molecule has 0 radical (unpaired) electrons. The minimum atomic E-state index is -0.878. The molecule has 2 aromatic rings. The molecule has 0 aliphatic carbocycles. The van der Waals surface area contributed by atoms with E-state index in [1.54, 1.807) is 30.3 Å². The van der Waals surface area contributed by atoms with Gasteiger partial charge in [-0.05, 0) is 41.5 Å². The van der Waals surface area contributed by atoms with Crippen LogP contribution in [0.5, 0.6) is 0 Å². The summed E-state index contributed by atoms with van der Waals surface area (Å²) in [6, 6.07) is 15.0. The summed E-state index contributed by atoms with van der Waals surface area (Å²) in [6.45, 7) is -0.337. The van der Waals surface area contributed by atoms with E-state index in [1.807, 2.05) is 31.1 Å². The van der Waals surface area contributed by atoms with Crippen molar-refractivity contribution in [3.05, 3.63) is 71.0 Å². The highest BCUT2D eigenvalue weighted by Crippen LogP contribution is 2.15. The van der Waals surface area contributed by atoms with Crippen LogP contribution in [0.2, 0.25) is 0 Å². The zero-order chi connectivity index (χ0) is 21.4. The topological polar surface area (TPSA) is 73.6 Å². The predicted molar refractivity (Wildman–Crippen MR) is 108 cm³/mol. The van der Waals surface area contributed by atoms with Crippen LogP contribution >= 0.6 is 0 Å². The smallest absolute Gasteiger partial charge is 0.349 e. The lowest BCUT2D eigenvalue weighted by Crippen LogP contribution is -2.31. The molecule has 6 nitrogen and oxygen atoms in total. The van der Waals surface area contributed by atoms with Gasteiger partial charge in [-0.1, -0.05) is 24.3 Å². The number of esters is 1. The van der Waals surface area contributed by atoms with E-state index in [0.717, 1.165) is 5.69 Å². The molecule has 0 bridgehead atoms. The lowest BCUT2D eigenvalue weighted by molar-refractivity contribution is -0.148. The largest absolute Gasteiger partial charge is 0.451 e. The highest BCUT2D eigenvalue weighted by atomic mass is 19.1. The van der Waals surface area contributed by atoms with Crippen molar-refractivity contribution in [3.8, 4) is 6.07 Å². The summed E-state index contributed by atoms with van der Waals surface area (Å²) in [6.07, 6.45) is 1.41. The Morgan fingerprint density at radius 1 is 1.14 bits per heavy atom. The van der Waals surface area contributed by atoms with Gasteiger partial charge < -0.3 is 14.5 Å². The summed E-state index contributed by atoms with van der Waals surface area (Å²) >= 11 is 0. The number of likely N-dealkylation sites (N-methyl/N-ethyl adjacent to an activating group) is 1. The van der Waals surface area contributed by atoms with Crippen molar-refractivity contribution in [2.45, 2.75) is 6.54 Å². The van der Waals surface area contributed by atoms with Crippen molar-refractivity contribution in [3.63, 3.8) is 0 Å². The number of nitrogens with zero attached hydrogens (tertiary/aromatic N) is 3. The first-order valence-electron chi connectivity index (χ1n) is 8.85. The summed E-state index contributed by atoms with van der Waals surface area (Å²) in [5, 5.41) is 9.24. The number of ether oxygens (including phenoxy) is 1. The maximum atomic E-state index is 13.2. The van der Waals surface area contributed by atoms with Crippen LogP contribution in [-0.2, 0) is 20.9 Å². The van der Waals surface area contributed by atoms with Crippen LogP contribution in [0.1, 0.15) is 11.1 Å². The number of halogens is 1. The monoisotopic (exact) mass is 395 g/mol. The van der Waals surface area contributed by atoms with Crippen molar-refractivity contribution in [1.82, 2.24) is 4.90 Å². The van der Waals surface area contributed by atoms with Crippen molar-refractivity contribution in [1.29, 1.82) is 5.26 Å². The fourth-order valence-electron chi connectivity index (χ4n) is 2.48. The second-order valence-corrected chi connectivity index (χ2v) is 6.61. The number of carbonyl (C=O) groups excluding carboxylic acids is 2. The van der Waals surface area contributed by atoms with Crippen molar-refractivity contribution < 1.29 is 18.7 Å². The van der Waals surface area contributed by atoms with Gasteiger partial charge in [0.15, 0.2) is 6.61 Å². The Morgan fingerprint density at radius 2 is 1.83 bits per heavy atom. The first-order chi connectivity index (χ1) is 13.8. The molecular formula is C22H22FN3O3. The number of nitriles is 1. The van der Waals surface area contributed by atoms with Crippen molar-refractivity contribution >= 4 is 23.6 Å². The van der Waals surface area contributed by atoms with E-state index in [1.165, 1.54) is 30.2 Å². The number of hydrogen-bond acceptors (Lipinski definition) is 5. The Balaban J connectivity index is 1.95. The molecular weight excluding hydrogens is 373 g/mol. The number of anilines is 1. The Hall–Kier alpha value is -3.66. The van der Waals surface area contributed by atoms with Gasteiger partial charge in [-0.2, -0.15) is 5.26 Å². The molecule has 0 saturated heterocycles. The molecule has 0 heterocycles. The normalized spacial score (nSPS) is 10.8. The molecule has 0 aliphatic rings. The fourth-order valence-corrected chi connectivity index (χ4v) is 2.48. The number of benzene rings is 2. The van der Waals surface area contributed by atoms with E-state index in [-0.39, 0.29) is 12.1 Å². The maximum absolute atomic E-state index is 13.2. The molecule has 7 heteroatoms. The zero-order valence-corrected chi connectivity index (χ0v) is 16.6. The molecule has 0 fully saturated rings. The molecule has 0 unspecified atom stereocenters. The lowest BCUT2D eigenvalue weighted by Gasteiger charge is -2.17. The summed E-state index contributed by atoms with van der Waals surface area (Å²) in [5.74, 6) is -1.73. The van der Waals surface area contributed by atoms with Gasteiger partial charge in [0.05, 0.1) is 0 Å². The Bertz CT molecular complexity index is 947. The SMILES string of the molecule is CN(Cc1cccc(F)c1)C(=O)COC(=O)/C(C#N)=C/c1ccc(N(C)C)cc1. The average Bonchev–Trinajstić information content (AvgIpc) is 2.70. The van der Waals surface area contributed by atoms with Crippen LogP contribution in [-0.4, -0.2) is 44.5 Å². The minimum Gasteiger partial charge on any atom is -0.451 e. The van der Waals surface area contributed by atoms with Crippen LogP contribution in [0, 0.1) is 17.1 Å². The van der Waals surface area contributed by atoms with Gasteiger partial charge in [0, 0.05) is 33.4 Å². The summed E-state index contributed by atoms with van der Waals surface area (Å²) in [4.78, 5) is 27.5. The second-order valence-electron chi connectivity index (χ2n) is 6.61. The van der Waals surface area contributed by atoms with Crippen LogP contribution in [0.25, 0.3) is 6.08 Å². The molecule has 2 rings (SSSR count). The summed E-state index contributed by atoms with van der Waals surface area (Å²) in [5.41, 5.74) is 2.06. The van der Waals surface area contributed by atoms with E-state index in [0.29, 0.717) is 11.1 Å². The van der Waals surface area contributed by atoms with Gasteiger partial charge >= 0.3 is 5.97 Å². The first kappa shape index (κ1) is 21.6. The third-order valence-electron chi connectivity index (χ3n) is 4.12. The Morgan fingerprint density at radius 3 is 2.41 bits per heavy atom. The lowest BCUT2D eigenvalue weighted by atomic mass is 10.1. The molecule has 0 spiro atoms. The molecule has 1 amide bonds. The quantitative estimate of drug-likeness (QED) is 0.409.